The van der Waals surface area contributed by atoms with Gasteiger partial charge in [0.2, 0.25) is 0 Å². The van der Waals surface area contributed by atoms with Crippen molar-refractivity contribution in [3.63, 3.8) is 0 Å². The number of ether oxygens (including phenoxy) is 1. The Bertz CT molecular complexity index is 475. The van der Waals surface area contributed by atoms with Crippen molar-refractivity contribution < 1.29 is 14.0 Å². The Morgan fingerprint density at radius 2 is 1.77 bits per heavy atom. The zero-order chi connectivity index (χ0) is 16.2. The summed E-state index contributed by atoms with van der Waals surface area (Å²) < 4.78 is 17.2. The Morgan fingerprint density at radius 3 is 2.41 bits per heavy atom. The van der Waals surface area contributed by atoms with Crippen LogP contribution in [0.3, 0.4) is 0 Å². The summed E-state index contributed by atoms with van der Waals surface area (Å²) in [6, 6.07) is 8.47. The van der Waals surface area contributed by atoms with Crippen molar-refractivity contribution in [3.8, 4) is 0 Å². The summed E-state index contributed by atoms with van der Waals surface area (Å²) in [6.07, 6.45) is 0.983. The van der Waals surface area contributed by atoms with Crippen LogP contribution in [0.1, 0.15) is 33.3 Å². The molecule has 1 aromatic rings. The third kappa shape index (κ3) is 4.10. The molecule has 1 heterocycles. The standard InChI is InChI=1S/C17H28BNO3/c1-16(2)17(3,4)22-18(21-16)15-8-6-7-14(13-15)9-10-19-11-12-20-5/h6-8,13,19H,9-12H2,1-5H3. The predicted molar refractivity (Wildman–Crippen MR) is 90.6 cm³/mol. The van der Waals surface area contributed by atoms with E-state index < -0.39 is 0 Å². The van der Waals surface area contributed by atoms with Crippen LogP contribution in [0.25, 0.3) is 0 Å². The summed E-state index contributed by atoms with van der Waals surface area (Å²) in [4.78, 5) is 0. The van der Waals surface area contributed by atoms with Crippen molar-refractivity contribution >= 4 is 12.6 Å². The molecule has 1 N–H and O–H groups in total. The molecule has 2 rings (SSSR count). The molecule has 0 aliphatic carbocycles. The Labute approximate surface area is 134 Å². The molecule has 1 saturated heterocycles. The monoisotopic (exact) mass is 305 g/mol. The van der Waals surface area contributed by atoms with E-state index in [1.54, 1.807) is 7.11 Å². The summed E-state index contributed by atoms with van der Waals surface area (Å²) in [7, 11) is 1.43. The van der Waals surface area contributed by atoms with Crippen LogP contribution in [0.5, 0.6) is 0 Å². The van der Waals surface area contributed by atoms with Crippen LogP contribution < -0.4 is 10.8 Å². The smallest absolute Gasteiger partial charge is 0.399 e. The number of rotatable bonds is 7. The largest absolute Gasteiger partial charge is 0.494 e. The van der Waals surface area contributed by atoms with Gasteiger partial charge in [0.15, 0.2) is 0 Å². The van der Waals surface area contributed by atoms with Gasteiger partial charge in [0.25, 0.3) is 0 Å². The lowest BCUT2D eigenvalue weighted by molar-refractivity contribution is 0.00578. The molecule has 0 atom stereocenters. The van der Waals surface area contributed by atoms with Crippen LogP contribution in [-0.4, -0.2) is 45.1 Å². The highest BCUT2D eigenvalue weighted by atomic mass is 16.7. The Kier molecular flexibility index (Phi) is 5.67. The van der Waals surface area contributed by atoms with E-state index in [0.29, 0.717) is 0 Å². The lowest BCUT2D eigenvalue weighted by Crippen LogP contribution is -2.41. The summed E-state index contributed by atoms with van der Waals surface area (Å²) in [5.41, 5.74) is 1.79. The lowest BCUT2D eigenvalue weighted by atomic mass is 9.78. The van der Waals surface area contributed by atoms with Gasteiger partial charge in [-0.3, -0.25) is 0 Å². The fourth-order valence-electron chi connectivity index (χ4n) is 2.41. The highest BCUT2D eigenvalue weighted by Crippen LogP contribution is 2.36. The Balaban J connectivity index is 1.95. The fraction of sp³-hybridized carbons (Fsp3) is 0.647. The number of benzene rings is 1. The summed E-state index contributed by atoms with van der Waals surface area (Å²) in [5.74, 6) is 0. The molecular weight excluding hydrogens is 277 g/mol. The molecule has 0 amide bonds. The molecule has 0 unspecified atom stereocenters. The highest BCUT2D eigenvalue weighted by Gasteiger charge is 2.51. The van der Waals surface area contributed by atoms with E-state index in [9.17, 15) is 0 Å². The first-order chi connectivity index (χ1) is 10.4. The quantitative estimate of drug-likeness (QED) is 0.615. The molecule has 1 fully saturated rings. The van der Waals surface area contributed by atoms with E-state index in [-0.39, 0.29) is 18.3 Å². The van der Waals surface area contributed by atoms with Crippen molar-refractivity contribution in [2.45, 2.75) is 45.3 Å². The molecule has 1 aliphatic heterocycles. The molecule has 22 heavy (non-hydrogen) atoms. The minimum absolute atomic E-state index is 0.286. The topological polar surface area (TPSA) is 39.7 Å². The zero-order valence-electron chi connectivity index (χ0n) is 14.4. The van der Waals surface area contributed by atoms with Crippen molar-refractivity contribution in [2.24, 2.45) is 0 Å². The van der Waals surface area contributed by atoms with E-state index in [2.05, 4.69) is 57.3 Å². The summed E-state index contributed by atoms with van der Waals surface area (Å²) in [5, 5.41) is 3.36. The van der Waals surface area contributed by atoms with Gasteiger partial charge in [-0.2, -0.15) is 0 Å². The average molecular weight is 305 g/mol. The minimum atomic E-state index is -0.296. The molecule has 122 valence electrons. The van der Waals surface area contributed by atoms with Gasteiger partial charge in [0.1, 0.15) is 0 Å². The molecule has 1 aromatic carbocycles. The SMILES string of the molecule is COCCNCCc1cccc(B2OC(C)(C)C(C)(C)O2)c1. The maximum absolute atomic E-state index is 6.11. The first kappa shape index (κ1) is 17.5. The van der Waals surface area contributed by atoms with Gasteiger partial charge in [0, 0.05) is 13.7 Å². The van der Waals surface area contributed by atoms with E-state index in [1.807, 2.05) is 0 Å². The summed E-state index contributed by atoms with van der Waals surface area (Å²) in [6.45, 7) is 10.9. The Hall–Kier alpha value is -0.875. The number of hydrogen-bond acceptors (Lipinski definition) is 4. The Morgan fingerprint density at radius 1 is 1.09 bits per heavy atom. The second-order valence-electron chi connectivity index (χ2n) is 6.83. The molecule has 5 heteroatoms. The molecule has 0 aromatic heterocycles. The third-order valence-electron chi connectivity index (χ3n) is 4.55. The van der Waals surface area contributed by atoms with Crippen molar-refractivity contribution in [1.29, 1.82) is 0 Å². The average Bonchev–Trinajstić information content (AvgIpc) is 2.68. The fourth-order valence-corrected chi connectivity index (χ4v) is 2.41. The lowest BCUT2D eigenvalue weighted by Gasteiger charge is -2.32. The molecule has 0 radical (unpaired) electrons. The van der Waals surface area contributed by atoms with Gasteiger partial charge in [-0.15, -0.1) is 0 Å². The van der Waals surface area contributed by atoms with Gasteiger partial charge < -0.3 is 19.4 Å². The zero-order valence-corrected chi connectivity index (χ0v) is 14.4. The first-order valence-corrected chi connectivity index (χ1v) is 8.00. The third-order valence-corrected chi connectivity index (χ3v) is 4.55. The van der Waals surface area contributed by atoms with Gasteiger partial charge in [-0.05, 0) is 51.7 Å². The highest BCUT2D eigenvalue weighted by molar-refractivity contribution is 6.62. The normalized spacial score (nSPS) is 19.6. The number of methoxy groups -OCH3 is 1. The van der Waals surface area contributed by atoms with Gasteiger partial charge in [0.05, 0.1) is 17.8 Å². The van der Waals surface area contributed by atoms with Gasteiger partial charge in [-0.1, -0.05) is 24.3 Å². The van der Waals surface area contributed by atoms with Crippen LogP contribution >= 0.6 is 0 Å². The van der Waals surface area contributed by atoms with E-state index in [4.69, 9.17) is 14.0 Å². The van der Waals surface area contributed by atoms with Crippen molar-refractivity contribution in [3.05, 3.63) is 29.8 Å². The van der Waals surface area contributed by atoms with Crippen molar-refractivity contribution in [1.82, 2.24) is 5.32 Å². The maximum Gasteiger partial charge on any atom is 0.494 e. The van der Waals surface area contributed by atoms with E-state index in [0.717, 1.165) is 31.6 Å². The minimum Gasteiger partial charge on any atom is -0.399 e. The second kappa shape index (κ2) is 7.13. The van der Waals surface area contributed by atoms with Crippen LogP contribution in [0, 0.1) is 0 Å². The van der Waals surface area contributed by atoms with Gasteiger partial charge >= 0.3 is 7.12 Å². The van der Waals surface area contributed by atoms with Gasteiger partial charge in [-0.25, -0.2) is 0 Å². The van der Waals surface area contributed by atoms with Crippen molar-refractivity contribution in [2.75, 3.05) is 26.8 Å². The van der Waals surface area contributed by atoms with Crippen LogP contribution in [0.15, 0.2) is 24.3 Å². The molecule has 0 spiro atoms. The van der Waals surface area contributed by atoms with E-state index >= 15 is 0 Å². The molecule has 0 bridgehead atoms. The predicted octanol–water partition coefficient (Wildman–Crippen LogP) is 1.76. The number of hydrogen-bond donors (Lipinski definition) is 1. The molecule has 0 saturated carbocycles. The first-order valence-electron chi connectivity index (χ1n) is 8.00. The summed E-state index contributed by atoms with van der Waals surface area (Å²) >= 11 is 0. The molecule has 4 nitrogen and oxygen atoms in total. The molecular formula is C17H28BNO3. The molecule has 1 aliphatic rings. The van der Waals surface area contributed by atoms with Crippen LogP contribution in [-0.2, 0) is 20.5 Å². The van der Waals surface area contributed by atoms with Crippen LogP contribution in [0.2, 0.25) is 0 Å². The van der Waals surface area contributed by atoms with Crippen LogP contribution in [0.4, 0.5) is 0 Å². The van der Waals surface area contributed by atoms with E-state index in [1.165, 1.54) is 5.56 Å². The second-order valence-corrected chi connectivity index (χ2v) is 6.83. The number of nitrogens with one attached hydrogen (secondary N) is 1. The maximum atomic E-state index is 6.11.